The lowest BCUT2D eigenvalue weighted by molar-refractivity contribution is 0.0745. The first-order chi connectivity index (χ1) is 15.6. The number of amides is 3. The maximum atomic E-state index is 13.2. The number of rotatable bonds is 4. The van der Waals surface area contributed by atoms with Crippen LogP contribution in [0.15, 0.2) is 41.1 Å². The molecule has 33 heavy (non-hydrogen) atoms. The standard InChI is InChI=1S/C20H17BrCl2N6O3S/c1-10-7-11(22)8-12(19(31)28(2)27-20(32)33-3)16(10)25-18(30)14-9-15(21)26-29(14)17-13(23)5-4-6-24-17/h4-9H,1-3H3,(H,25,30)(H,27,32). The van der Waals surface area contributed by atoms with Crippen molar-refractivity contribution in [1.29, 1.82) is 0 Å². The van der Waals surface area contributed by atoms with Crippen LogP contribution in [-0.4, -0.2) is 50.1 Å². The molecule has 2 aromatic heterocycles. The molecule has 9 nitrogen and oxygen atoms in total. The molecule has 3 rings (SSSR count). The summed E-state index contributed by atoms with van der Waals surface area (Å²) in [6.07, 6.45) is 3.11. The fourth-order valence-corrected chi connectivity index (χ4v) is 3.96. The molecule has 0 spiro atoms. The zero-order valence-electron chi connectivity index (χ0n) is 17.5. The van der Waals surface area contributed by atoms with E-state index in [-0.39, 0.29) is 22.8 Å². The Hall–Kier alpha value is -2.60. The normalized spacial score (nSPS) is 10.6. The van der Waals surface area contributed by atoms with Gasteiger partial charge in [0.1, 0.15) is 10.3 Å². The minimum absolute atomic E-state index is 0.0956. The monoisotopic (exact) mass is 570 g/mol. The highest BCUT2D eigenvalue weighted by molar-refractivity contribution is 9.10. The Bertz CT molecular complexity index is 1250. The first-order valence-corrected chi connectivity index (χ1v) is 12.0. The van der Waals surface area contributed by atoms with Crippen molar-refractivity contribution >= 4 is 73.6 Å². The topological polar surface area (TPSA) is 109 Å². The van der Waals surface area contributed by atoms with Gasteiger partial charge in [0.05, 0.1) is 16.3 Å². The largest absolute Gasteiger partial charge is 0.320 e. The summed E-state index contributed by atoms with van der Waals surface area (Å²) in [5, 5.41) is 8.20. The van der Waals surface area contributed by atoms with Crippen LogP contribution in [0, 0.1) is 6.92 Å². The molecule has 1 aromatic carbocycles. The molecule has 0 aliphatic rings. The highest BCUT2D eigenvalue weighted by atomic mass is 79.9. The average Bonchev–Trinajstić information content (AvgIpc) is 3.16. The molecule has 3 aromatic rings. The molecule has 0 aliphatic heterocycles. The summed E-state index contributed by atoms with van der Waals surface area (Å²) >= 11 is 16.6. The lowest BCUT2D eigenvalue weighted by atomic mass is 10.1. The summed E-state index contributed by atoms with van der Waals surface area (Å²) in [7, 11) is 1.40. The molecule has 0 atom stereocenters. The molecule has 2 N–H and O–H groups in total. The van der Waals surface area contributed by atoms with Crippen molar-refractivity contribution in [2.75, 3.05) is 18.6 Å². The van der Waals surface area contributed by atoms with Crippen molar-refractivity contribution < 1.29 is 14.4 Å². The SMILES string of the molecule is CSC(=O)NN(C)C(=O)c1cc(Cl)cc(C)c1NC(=O)c1cc(Br)nn1-c1ncccc1Cl. The van der Waals surface area contributed by atoms with E-state index < -0.39 is 17.1 Å². The number of hydrogen-bond acceptors (Lipinski definition) is 6. The number of hydrazine groups is 1. The van der Waals surface area contributed by atoms with Gasteiger partial charge in [0, 0.05) is 24.3 Å². The third-order valence-corrected chi connectivity index (χ3v) is 5.73. The second-order valence-corrected chi connectivity index (χ2v) is 9.08. The van der Waals surface area contributed by atoms with E-state index in [0.717, 1.165) is 16.8 Å². The highest BCUT2D eigenvalue weighted by Gasteiger charge is 2.24. The van der Waals surface area contributed by atoms with Gasteiger partial charge in [-0.25, -0.2) is 9.67 Å². The number of pyridine rings is 1. The van der Waals surface area contributed by atoms with Crippen LogP contribution in [0.4, 0.5) is 10.5 Å². The zero-order valence-corrected chi connectivity index (χ0v) is 21.4. The predicted octanol–water partition coefficient (Wildman–Crippen LogP) is 4.96. The number of benzene rings is 1. The van der Waals surface area contributed by atoms with Gasteiger partial charge in [-0.05, 0) is 58.9 Å². The molecule has 3 amide bonds. The van der Waals surface area contributed by atoms with Crippen molar-refractivity contribution in [3.05, 3.63) is 68.0 Å². The fourth-order valence-electron chi connectivity index (χ4n) is 2.88. The van der Waals surface area contributed by atoms with E-state index in [9.17, 15) is 14.4 Å². The number of carbonyl (C=O) groups is 3. The van der Waals surface area contributed by atoms with Crippen LogP contribution in [0.3, 0.4) is 0 Å². The Morgan fingerprint density at radius 2 is 1.94 bits per heavy atom. The number of halogens is 3. The van der Waals surface area contributed by atoms with Gasteiger partial charge in [-0.2, -0.15) is 5.10 Å². The second-order valence-electron chi connectivity index (χ2n) is 6.64. The van der Waals surface area contributed by atoms with Gasteiger partial charge in [0.2, 0.25) is 0 Å². The minimum Gasteiger partial charge on any atom is -0.320 e. The molecule has 0 saturated carbocycles. The third kappa shape index (κ3) is 5.67. The molecule has 172 valence electrons. The number of anilines is 1. The summed E-state index contributed by atoms with van der Waals surface area (Å²) in [5.74, 6) is -0.871. The molecule has 13 heteroatoms. The van der Waals surface area contributed by atoms with Crippen LogP contribution in [-0.2, 0) is 0 Å². The Labute approximate surface area is 211 Å². The number of aryl methyl sites for hydroxylation is 1. The maximum Gasteiger partial charge on any atom is 0.297 e. The van der Waals surface area contributed by atoms with Crippen LogP contribution in [0.1, 0.15) is 26.4 Å². The van der Waals surface area contributed by atoms with E-state index in [1.165, 1.54) is 30.1 Å². The van der Waals surface area contributed by atoms with Crippen LogP contribution in [0.2, 0.25) is 10.0 Å². The van der Waals surface area contributed by atoms with E-state index >= 15 is 0 Å². The van der Waals surface area contributed by atoms with Crippen molar-refractivity contribution in [3.8, 4) is 5.82 Å². The maximum absolute atomic E-state index is 13.2. The molecule has 0 saturated heterocycles. The lowest BCUT2D eigenvalue weighted by Gasteiger charge is -2.21. The van der Waals surface area contributed by atoms with Gasteiger partial charge >= 0.3 is 0 Å². The highest BCUT2D eigenvalue weighted by Crippen LogP contribution is 2.28. The van der Waals surface area contributed by atoms with Gasteiger partial charge in [-0.3, -0.25) is 24.8 Å². The van der Waals surface area contributed by atoms with Crippen molar-refractivity contribution in [2.45, 2.75) is 6.92 Å². The van der Waals surface area contributed by atoms with Crippen molar-refractivity contribution in [3.63, 3.8) is 0 Å². The van der Waals surface area contributed by atoms with E-state index in [4.69, 9.17) is 23.2 Å². The molecule has 0 fully saturated rings. The Morgan fingerprint density at radius 1 is 1.21 bits per heavy atom. The van der Waals surface area contributed by atoms with Crippen LogP contribution < -0.4 is 10.7 Å². The van der Waals surface area contributed by atoms with Gasteiger partial charge in [0.25, 0.3) is 17.1 Å². The fraction of sp³-hybridized carbons (Fsp3) is 0.150. The first-order valence-electron chi connectivity index (χ1n) is 9.23. The Balaban J connectivity index is 2.00. The lowest BCUT2D eigenvalue weighted by Crippen LogP contribution is -2.42. The van der Waals surface area contributed by atoms with E-state index in [1.54, 1.807) is 31.4 Å². The number of nitrogens with zero attached hydrogens (tertiary/aromatic N) is 4. The van der Waals surface area contributed by atoms with Crippen molar-refractivity contribution in [1.82, 2.24) is 25.2 Å². The van der Waals surface area contributed by atoms with Gasteiger partial charge in [0.15, 0.2) is 5.82 Å². The summed E-state index contributed by atoms with van der Waals surface area (Å²) in [6.45, 7) is 1.70. The zero-order chi connectivity index (χ0) is 24.3. The van der Waals surface area contributed by atoms with Gasteiger partial charge in [-0.15, -0.1) is 0 Å². The average molecular weight is 572 g/mol. The van der Waals surface area contributed by atoms with E-state index in [0.29, 0.717) is 20.2 Å². The smallest absolute Gasteiger partial charge is 0.297 e. The van der Waals surface area contributed by atoms with Gasteiger partial charge in [-0.1, -0.05) is 35.0 Å². The summed E-state index contributed by atoms with van der Waals surface area (Å²) < 4.78 is 1.68. The van der Waals surface area contributed by atoms with Crippen molar-refractivity contribution in [2.24, 2.45) is 0 Å². The molecular formula is C20H17BrCl2N6O3S. The van der Waals surface area contributed by atoms with Crippen LogP contribution in [0.5, 0.6) is 0 Å². The Kier molecular flexibility index (Phi) is 8.01. The number of carbonyl (C=O) groups excluding carboxylic acids is 3. The van der Waals surface area contributed by atoms with E-state index in [1.807, 2.05) is 0 Å². The Morgan fingerprint density at radius 3 is 2.61 bits per heavy atom. The number of thioether (sulfide) groups is 1. The van der Waals surface area contributed by atoms with Gasteiger partial charge < -0.3 is 5.32 Å². The third-order valence-electron chi connectivity index (χ3n) is 4.37. The van der Waals surface area contributed by atoms with E-state index in [2.05, 4.69) is 36.8 Å². The molecule has 0 aliphatic carbocycles. The summed E-state index contributed by atoms with van der Waals surface area (Å²) in [4.78, 5) is 42.1. The first kappa shape index (κ1) is 25.0. The van der Waals surface area contributed by atoms with Crippen LogP contribution in [0.25, 0.3) is 5.82 Å². The number of hydrogen-bond donors (Lipinski definition) is 2. The predicted molar refractivity (Wildman–Crippen MR) is 132 cm³/mol. The molecule has 0 bridgehead atoms. The number of nitrogens with one attached hydrogen (secondary N) is 2. The molecule has 0 radical (unpaired) electrons. The summed E-state index contributed by atoms with van der Waals surface area (Å²) in [5.41, 5.74) is 3.43. The second kappa shape index (κ2) is 10.6. The molecule has 0 unspecified atom stereocenters. The quantitative estimate of drug-likeness (QED) is 0.428. The molecule has 2 heterocycles. The van der Waals surface area contributed by atoms with Crippen LogP contribution >= 0.6 is 50.9 Å². The number of aromatic nitrogens is 3. The molecular weight excluding hydrogens is 555 g/mol. The summed E-state index contributed by atoms with van der Waals surface area (Å²) in [6, 6.07) is 7.80. The minimum atomic E-state index is -0.569.